The molecular weight excluding hydrogens is 262 g/mol. The van der Waals surface area contributed by atoms with E-state index in [0.717, 1.165) is 17.7 Å². The molecule has 2 N–H and O–H groups in total. The smallest absolute Gasteiger partial charge is 0.254 e. The van der Waals surface area contributed by atoms with E-state index >= 15 is 0 Å². The van der Waals surface area contributed by atoms with Gasteiger partial charge in [0, 0.05) is 18.3 Å². The van der Waals surface area contributed by atoms with E-state index in [9.17, 15) is 4.79 Å². The van der Waals surface area contributed by atoms with Gasteiger partial charge < -0.3 is 10.6 Å². The predicted octanol–water partition coefficient (Wildman–Crippen LogP) is 2.25. The van der Waals surface area contributed by atoms with Gasteiger partial charge in [-0.3, -0.25) is 9.78 Å². The van der Waals surface area contributed by atoms with Crippen LogP contribution < -0.4 is 5.73 Å². The minimum atomic E-state index is 0.0300. The van der Waals surface area contributed by atoms with E-state index in [1.165, 1.54) is 0 Å². The summed E-state index contributed by atoms with van der Waals surface area (Å²) in [6.07, 6.45) is 2.58. The SMILES string of the molecule is CCN(Cc1ccccn1)C(=O)c1ccc(CCN)cc1. The molecule has 2 aromatic rings. The van der Waals surface area contributed by atoms with Gasteiger partial charge in [0.25, 0.3) is 5.91 Å². The summed E-state index contributed by atoms with van der Waals surface area (Å²) in [7, 11) is 0. The lowest BCUT2D eigenvalue weighted by molar-refractivity contribution is 0.0750. The van der Waals surface area contributed by atoms with Crippen molar-refractivity contribution in [1.82, 2.24) is 9.88 Å². The summed E-state index contributed by atoms with van der Waals surface area (Å²) in [6, 6.07) is 13.4. The first-order chi connectivity index (χ1) is 10.2. The minimum Gasteiger partial charge on any atom is -0.333 e. The first-order valence-electron chi connectivity index (χ1n) is 7.22. The molecule has 0 saturated carbocycles. The molecule has 110 valence electrons. The molecule has 0 saturated heterocycles. The zero-order valence-electron chi connectivity index (χ0n) is 12.3. The van der Waals surface area contributed by atoms with Gasteiger partial charge in [0.1, 0.15) is 0 Å². The highest BCUT2D eigenvalue weighted by Crippen LogP contribution is 2.10. The van der Waals surface area contributed by atoms with Crippen LogP contribution in [0.25, 0.3) is 0 Å². The summed E-state index contributed by atoms with van der Waals surface area (Å²) < 4.78 is 0. The fourth-order valence-corrected chi connectivity index (χ4v) is 2.18. The van der Waals surface area contributed by atoms with Gasteiger partial charge >= 0.3 is 0 Å². The number of benzene rings is 1. The highest BCUT2D eigenvalue weighted by molar-refractivity contribution is 5.94. The average molecular weight is 283 g/mol. The van der Waals surface area contributed by atoms with E-state index in [-0.39, 0.29) is 5.91 Å². The Bertz CT molecular complexity index is 566. The van der Waals surface area contributed by atoms with Crippen LogP contribution in [-0.4, -0.2) is 28.9 Å². The predicted molar refractivity (Wildman–Crippen MR) is 83.9 cm³/mol. The van der Waals surface area contributed by atoms with E-state index in [4.69, 9.17) is 5.73 Å². The maximum atomic E-state index is 12.5. The zero-order valence-corrected chi connectivity index (χ0v) is 12.3. The summed E-state index contributed by atoms with van der Waals surface area (Å²) in [5, 5.41) is 0. The van der Waals surface area contributed by atoms with E-state index < -0.39 is 0 Å². The van der Waals surface area contributed by atoms with Gasteiger partial charge in [0.15, 0.2) is 0 Å². The van der Waals surface area contributed by atoms with E-state index in [1.54, 1.807) is 11.1 Å². The molecule has 0 unspecified atom stereocenters. The zero-order chi connectivity index (χ0) is 15.1. The fraction of sp³-hybridized carbons (Fsp3) is 0.294. The highest BCUT2D eigenvalue weighted by atomic mass is 16.2. The van der Waals surface area contributed by atoms with Crippen molar-refractivity contribution in [1.29, 1.82) is 0 Å². The first-order valence-corrected chi connectivity index (χ1v) is 7.22. The lowest BCUT2D eigenvalue weighted by Gasteiger charge is -2.20. The monoisotopic (exact) mass is 283 g/mol. The molecule has 2 rings (SSSR count). The molecule has 0 aliphatic heterocycles. The Morgan fingerprint density at radius 1 is 1.19 bits per heavy atom. The molecule has 0 spiro atoms. The van der Waals surface area contributed by atoms with Crippen LogP contribution in [0.3, 0.4) is 0 Å². The number of nitrogens with two attached hydrogens (primary N) is 1. The lowest BCUT2D eigenvalue weighted by Crippen LogP contribution is -2.30. The van der Waals surface area contributed by atoms with E-state index in [0.29, 0.717) is 25.2 Å². The van der Waals surface area contributed by atoms with Crippen LogP contribution in [0, 0.1) is 0 Å². The molecule has 4 heteroatoms. The number of rotatable bonds is 6. The third-order valence-corrected chi connectivity index (χ3v) is 3.38. The number of carbonyl (C=O) groups is 1. The van der Waals surface area contributed by atoms with E-state index in [1.807, 2.05) is 49.4 Å². The fourth-order valence-electron chi connectivity index (χ4n) is 2.18. The second-order valence-corrected chi connectivity index (χ2v) is 4.88. The molecule has 0 aliphatic rings. The molecule has 4 nitrogen and oxygen atoms in total. The van der Waals surface area contributed by atoms with E-state index in [2.05, 4.69) is 4.98 Å². The normalized spacial score (nSPS) is 10.4. The summed E-state index contributed by atoms with van der Waals surface area (Å²) in [6.45, 7) is 3.78. The van der Waals surface area contributed by atoms with Crippen molar-refractivity contribution in [2.75, 3.05) is 13.1 Å². The quantitative estimate of drug-likeness (QED) is 0.884. The molecule has 0 bridgehead atoms. The highest BCUT2D eigenvalue weighted by Gasteiger charge is 2.14. The average Bonchev–Trinajstić information content (AvgIpc) is 2.54. The van der Waals surface area contributed by atoms with Crippen molar-refractivity contribution in [3.8, 4) is 0 Å². The Labute approximate surface area is 125 Å². The van der Waals surface area contributed by atoms with Crippen LogP contribution in [-0.2, 0) is 13.0 Å². The largest absolute Gasteiger partial charge is 0.333 e. The number of nitrogens with zero attached hydrogens (tertiary/aromatic N) is 2. The van der Waals surface area contributed by atoms with Crippen molar-refractivity contribution >= 4 is 5.91 Å². The Kier molecular flexibility index (Phi) is 5.46. The van der Waals surface area contributed by atoms with Crippen molar-refractivity contribution in [2.45, 2.75) is 19.9 Å². The van der Waals surface area contributed by atoms with Crippen molar-refractivity contribution in [3.05, 3.63) is 65.5 Å². The Morgan fingerprint density at radius 3 is 2.52 bits per heavy atom. The van der Waals surface area contributed by atoms with Crippen LogP contribution in [0.4, 0.5) is 0 Å². The van der Waals surface area contributed by atoms with Crippen LogP contribution in [0.5, 0.6) is 0 Å². The van der Waals surface area contributed by atoms with Crippen LogP contribution in [0.2, 0.25) is 0 Å². The van der Waals surface area contributed by atoms with Gasteiger partial charge in [0.2, 0.25) is 0 Å². The summed E-state index contributed by atoms with van der Waals surface area (Å²) >= 11 is 0. The molecule has 1 aromatic heterocycles. The van der Waals surface area contributed by atoms with Gasteiger partial charge in [-0.15, -0.1) is 0 Å². The van der Waals surface area contributed by atoms with Crippen LogP contribution in [0.1, 0.15) is 28.5 Å². The van der Waals surface area contributed by atoms with Gasteiger partial charge in [-0.1, -0.05) is 18.2 Å². The molecule has 0 radical (unpaired) electrons. The second kappa shape index (κ2) is 7.55. The molecular formula is C17H21N3O. The number of aromatic nitrogens is 1. The van der Waals surface area contributed by atoms with Gasteiger partial charge in [-0.25, -0.2) is 0 Å². The third kappa shape index (κ3) is 4.13. The summed E-state index contributed by atoms with van der Waals surface area (Å²) in [4.78, 5) is 18.6. The van der Waals surface area contributed by atoms with Crippen molar-refractivity contribution in [3.63, 3.8) is 0 Å². The molecule has 0 atom stereocenters. The standard InChI is InChI=1S/C17H21N3O/c1-2-20(13-16-5-3-4-12-19-16)17(21)15-8-6-14(7-9-15)10-11-18/h3-9,12H,2,10-11,13,18H2,1H3. The number of hydrogen-bond acceptors (Lipinski definition) is 3. The Morgan fingerprint density at radius 2 is 1.95 bits per heavy atom. The maximum Gasteiger partial charge on any atom is 0.254 e. The van der Waals surface area contributed by atoms with Crippen LogP contribution in [0.15, 0.2) is 48.7 Å². The molecule has 1 amide bonds. The molecule has 1 aromatic carbocycles. The summed E-state index contributed by atoms with van der Waals surface area (Å²) in [5.74, 6) is 0.0300. The third-order valence-electron chi connectivity index (χ3n) is 3.38. The second-order valence-electron chi connectivity index (χ2n) is 4.88. The molecule has 1 heterocycles. The number of carbonyl (C=O) groups excluding carboxylic acids is 1. The molecule has 0 fully saturated rings. The van der Waals surface area contributed by atoms with Gasteiger partial charge in [0.05, 0.1) is 12.2 Å². The number of pyridine rings is 1. The lowest BCUT2D eigenvalue weighted by atomic mass is 10.1. The number of amides is 1. The maximum absolute atomic E-state index is 12.5. The van der Waals surface area contributed by atoms with Gasteiger partial charge in [-0.2, -0.15) is 0 Å². The molecule has 21 heavy (non-hydrogen) atoms. The Hall–Kier alpha value is -2.20. The van der Waals surface area contributed by atoms with Crippen molar-refractivity contribution in [2.24, 2.45) is 5.73 Å². The first kappa shape index (κ1) is 15.2. The van der Waals surface area contributed by atoms with Crippen LogP contribution >= 0.6 is 0 Å². The summed E-state index contributed by atoms with van der Waals surface area (Å²) in [5.41, 5.74) is 8.28. The van der Waals surface area contributed by atoms with Crippen molar-refractivity contribution < 1.29 is 4.79 Å². The number of hydrogen-bond donors (Lipinski definition) is 1. The topological polar surface area (TPSA) is 59.2 Å². The van der Waals surface area contributed by atoms with Gasteiger partial charge in [-0.05, 0) is 49.7 Å². The minimum absolute atomic E-state index is 0.0300. The Balaban J connectivity index is 2.08. The molecule has 0 aliphatic carbocycles.